The minimum atomic E-state index is -0.335. The molecular weight excluding hydrogens is 144 g/mol. The molecule has 0 radical (unpaired) electrons. The van der Waals surface area contributed by atoms with Gasteiger partial charge >= 0.3 is 0 Å². The first kappa shape index (κ1) is 8.68. The minimum Gasteiger partial charge on any atom is -0.353 e. The predicted molar refractivity (Wildman–Crippen MR) is 40.2 cm³/mol. The summed E-state index contributed by atoms with van der Waals surface area (Å²) in [6.07, 6.45) is 3.46. The van der Waals surface area contributed by atoms with E-state index in [9.17, 15) is 4.79 Å². The van der Waals surface area contributed by atoms with Crippen molar-refractivity contribution in [3.8, 4) is 0 Å². The van der Waals surface area contributed by atoms with Crippen LogP contribution in [0, 0.1) is 0 Å². The second-order valence-corrected chi connectivity index (χ2v) is 2.77. The third-order valence-electron chi connectivity index (χ3n) is 1.70. The zero-order chi connectivity index (χ0) is 8.10. The highest BCUT2D eigenvalue weighted by atomic mass is 16.7. The molecule has 0 N–H and O–H groups in total. The van der Waals surface area contributed by atoms with Crippen LogP contribution in [-0.4, -0.2) is 25.3 Å². The Kier molecular flexibility index (Phi) is 3.52. The third-order valence-corrected chi connectivity index (χ3v) is 1.70. The maximum atomic E-state index is 10.2. The van der Waals surface area contributed by atoms with Crippen LogP contribution >= 0.6 is 0 Å². The Balaban J connectivity index is 2.18. The lowest BCUT2D eigenvalue weighted by Crippen LogP contribution is -2.26. The average molecular weight is 158 g/mol. The number of ether oxygens (including phenoxy) is 2. The fourth-order valence-electron chi connectivity index (χ4n) is 1.09. The van der Waals surface area contributed by atoms with Crippen LogP contribution in [0.3, 0.4) is 0 Å². The molecule has 2 atom stereocenters. The van der Waals surface area contributed by atoms with Gasteiger partial charge in [-0.25, -0.2) is 0 Å². The van der Waals surface area contributed by atoms with Gasteiger partial charge in [-0.2, -0.15) is 0 Å². The van der Waals surface area contributed by atoms with Gasteiger partial charge in [0.2, 0.25) is 0 Å². The largest absolute Gasteiger partial charge is 0.353 e. The van der Waals surface area contributed by atoms with Gasteiger partial charge in [0.1, 0.15) is 12.4 Å². The van der Waals surface area contributed by atoms with E-state index < -0.39 is 0 Å². The van der Waals surface area contributed by atoms with Crippen LogP contribution in [0.5, 0.6) is 0 Å². The monoisotopic (exact) mass is 158 g/mol. The van der Waals surface area contributed by atoms with E-state index in [0.717, 1.165) is 32.2 Å². The Labute approximate surface area is 66.7 Å². The molecule has 1 aliphatic heterocycles. The maximum absolute atomic E-state index is 10.2. The van der Waals surface area contributed by atoms with Crippen molar-refractivity contribution in [2.75, 3.05) is 6.61 Å². The lowest BCUT2D eigenvalue weighted by Gasteiger charge is -2.23. The zero-order valence-electron chi connectivity index (χ0n) is 6.79. The zero-order valence-corrected chi connectivity index (χ0v) is 6.79. The summed E-state index contributed by atoms with van der Waals surface area (Å²) in [5.41, 5.74) is 0. The second kappa shape index (κ2) is 4.46. The van der Waals surface area contributed by atoms with Crippen molar-refractivity contribution in [2.24, 2.45) is 0 Å². The first-order valence-electron chi connectivity index (χ1n) is 4.05. The normalized spacial score (nSPS) is 27.9. The van der Waals surface area contributed by atoms with Crippen molar-refractivity contribution in [3.05, 3.63) is 0 Å². The SMILES string of the molecule is C[C@@H](C=O)OC1CCCCO1. The molecule has 1 unspecified atom stereocenters. The molecule has 0 aromatic carbocycles. The lowest BCUT2D eigenvalue weighted by atomic mass is 10.2. The standard InChI is InChI=1S/C8H14O3/c1-7(6-9)11-8-4-2-3-5-10-8/h6-8H,2-5H2,1H3/t7-,8?/m0/s1. The summed E-state index contributed by atoms with van der Waals surface area (Å²) in [6, 6.07) is 0. The molecule has 1 aliphatic rings. The van der Waals surface area contributed by atoms with Crippen molar-refractivity contribution in [2.45, 2.75) is 38.6 Å². The van der Waals surface area contributed by atoms with Gasteiger partial charge in [0.25, 0.3) is 0 Å². The fourth-order valence-corrected chi connectivity index (χ4v) is 1.09. The molecule has 0 amide bonds. The van der Waals surface area contributed by atoms with E-state index in [0.29, 0.717) is 0 Å². The molecule has 1 heterocycles. The Bertz CT molecular complexity index is 119. The summed E-state index contributed by atoms with van der Waals surface area (Å²) in [7, 11) is 0. The van der Waals surface area contributed by atoms with Gasteiger partial charge in [0.05, 0.1) is 0 Å². The van der Waals surface area contributed by atoms with Crippen LogP contribution in [0.15, 0.2) is 0 Å². The molecule has 64 valence electrons. The van der Waals surface area contributed by atoms with Crippen LogP contribution in [0.2, 0.25) is 0 Å². The number of hydrogen-bond donors (Lipinski definition) is 0. The number of hydrogen-bond acceptors (Lipinski definition) is 3. The van der Waals surface area contributed by atoms with Crippen molar-refractivity contribution in [1.29, 1.82) is 0 Å². The van der Waals surface area contributed by atoms with Crippen molar-refractivity contribution in [1.82, 2.24) is 0 Å². The minimum absolute atomic E-state index is 0.149. The fraction of sp³-hybridized carbons (Fsp3) is 0.875. The summed E-state index contributed by atoms with van der Waals surface area (Å²) in [4.78, 5) is 10.2. The predicted octanol–water partition coefficient (Wildman–Crippen LogP) is 1.12. The van der Waals surface area contributed by atoms with Crippen molar-refractivity contribution in [3.63, 3.8) is 0 Å². The van der Waals surface area contributed by atoms with E-state index in [1.54, 1.807) is 6.92 Å². The second-order valence-electron chi connectivity index (χ2n) is 2.77. The maximum Gasteiger partial charge on any atom is 0.158 e. The first-order chi connectivity index (χ1) is 5.33. The highest BCUT2D eigenvalue weighted by Gasteiger charge is 2.16. The van der Waals surface area contributed by atoms with Crippen LogP contribution in [0.1, 0.15) is 26.2 Å². The third kappa shape index (κ3) is 2.99. The van der Waals surface area contributed by atoms with Crippen LogP contribution in [0.4, 0.5) is 0 Å². The van der Waals surface area contributed by atoms with Gasteiger partial charge in [-0.05, 0) is 26.2 Å². The molecule has 1 rings (SSSR count). The summed E-state index contributed by atoms with van der Waals surface area (Å²) in [6.45, 7) is 2.49. The van der Waals surface area contributed by atoms with E-state index in [1.807, 2.05) is 0 Å². The van der Waals surface area contributed by atoms with Crippen molar-refractivity contribution < 1.29 is 14.3 Å². The van der Waals surface area contributed by atoms with E-state index in [2.05, 4.69) is 0 Å². The Morgan fingerprint density at radius 1 is 1.64 bits per heavy atom. The summed E-state index contributed by atoms with van der Waals surface area (Å²) >= 11 is 0. The molecule has 11 heavy (non-hydrogen) atoms. The molecule has 0 saturated carbocycles. The molecule has 3 nitrogen and oxygen atoms in total. The Morgan fingerprint density at radius 3 is 3.00 bits per heavy atom. The summed E-state index contributed by atoms with van der Waals surface area (Å²) in [5, 5.41) is 0. The highest BCUT2D eigenvalue weighted by Crippen LogP contribution is 2.14. The summed E-state index contributed by atoms with van der Waals surface area (Å²) in [5.74, 6) is 0. The quantitative estimate of drug-likeness (QED) is 0.577. The molecule has 0 aromatic rings. The molecule has 3 heteroatoms. The van der Waals surface area contributed by atoms with E-state index in [1.165, 1.54) is 0 Å². The topological polar surface area (TPSA) is 35.5 Å². The lowest BCUT2D eigenvalue weighted by molar-refractivity contribution is -0.183. The van der Waals surface area contributed by atoms with E-state index in [-0.39, 0.29) is 12.4 Å². The molecule has 1 saturated heterocycles. The summed E-state index contributed by atoms with van der Waals surface area (Å²) < 4.78 is 10.5. The number of aldehydes is 1. The van der Waals surface area contributed by atoms with Crippen LogP contribution < -0.4 is 0 Å². The van der Waals surface area contributed by atoms with Crippen LogP contribution in [0.25, 0.3) is 0 Å². The van der Waals surface area contributed by atoms with Crippen LogP contribution in [-0.2, 0) is 14.3 Å². The van der Waals surface area contributed by atoms with Gasteiger partial charge in [-0.1, -0.05) is 0 Å². The Hall–Kier alpha value is -0.410. The van der Waals surface area contributed by atoms with E-state index in [4.69, 9.17) is 9.47 Å². The van der Waals surface area contributed by atoms with Crippen molar-refractivity contribution >= 4 is 6.29 Å². The highest BCUT2D eigenvalue weighted by molar-refractivity contribution is 5.55. The van der Waals surface area contributed by atoms with Gasteiger partial charge in [-0.15, -0.1) is 0 Å². The molecule has 0 bridgehead atoms. The molecule has 1 fully saturated rings. The number of rotatable bonds is 3. The van der Waals surface area contributed by atoms with Gasteiger partial charge < -0.3 is 14.3 Å². The molecule has 0 spiro atoms. The molecule has 0 aromatic heterocycles. The average Bonchev–Trinajstić information content (AvgIpc) is 2.06. The number of carbonyl (C=O) groups is 1. The van der Waals surface area contributed by atoms with Gasteiger partial charge in [-0.3, -0.25) is 0 Å². The number of carbonyl (C=O) groups excluding carboxylic acids is 1. The Morgan fingerprint density at radius 2 is 2.45 bits per heavy atom. The van der Waals surface area contributed by atoms with Gasteiger partial charge in [0.15, 0.2) is 6.29 Å². The molecular formula is C8H14O3. The van der Waals surface area contributed by atoms with Gasteiger partial charge in [0, 0.05) is 6.61 Å². The first-order valence-corrected chi connectivity index (χ1v) is 4.05. The molecule has 0 aliphatic carbocycles. The smallest absolute Gasteiger partial charge is 0.158 e. The van der Waals surface area contributed by atoms with E-state index >= 15 is 0 Å².